The second-order valence-electron chi connectivity index (χ2n) is 5.90. The van der Waals surface area contributed by atoms with Crippen molar-refractivity contribution in [2.45, 2.75) is 0 Å². The van der Waals surface area contributed by atoms with Crippen molar-refractivity contribution in [3.05, 3.63) is 83.9 Å². The van der Waals surface area contributed by atoms with Crippen molar-refractivity contribution < 1.29 is 19.1 Å². The molecule has 0 unspecified atom stereocenters. The summed E-state index contributed by atoms with van der Waals surface area (Å²) in [5, 5.41) is 0. The summed E-state index contributed by atoms with van der Waals surface area (Å²) in [5.41, 5.74) is 8.94. The molecule has 5 nitrogen and oxygen atoms in total. The quantitative estimate of drug-likeness (QED) is 0.408. The third-order valence-corrected chi connectivity index (χ3v) is 4.11. The molecule has 0 saturated heterocycles. The molecule has 136 valence electrons. The zero-order valence-electron chi connectivity index (χ0n) is 14.8. The lowest BCUT2D eigenvalue weighted by atomic mass is 10.0. The maximum Gasteiger partial charge on any atom is 0.338 e. The highest BCUT2D eigenvalue weighted by molar-refractivity contribution is 5.99. The smallest absolute Gasteiger partial charge is 0.338 e. The van der Waals surface area contributed by atoms with Crippen LogP contribution in [0, 0.1) is 0 Å². The van der Waals surface area contributed by atoms with Gasteiger partial charge in [0.25, 0.3) is 0 Å². The van der Waals surface area contributed by atoms with Gasteiger partial charge in [0.15, 0.2) is 12.4 Å². The lowest BCUT2D eigenvalue weighted by Gasteiger charge is -2.08. The van der Waals surface area contributed by atoms with Crippen LogP contribution in [0.15, 0.2) is 72.8 Å². The number of hydrogen-bond donors (Lipinski definition) is 1. The van der Waals surface area contributed by atoms with E-state index in [1.54, 1.807) is 18.2 Å². The molecule has 3 aromatic carbocycles. The van der Waals surface area contributed by atoms with Gasteiger partial charge in [0.1, 0.15) is 5.75 Å². The Hall–Kier alpha value is -3.60. The summed E-state index contributed by atoms with van der Waals surface area (Å²) in [5.74, 6) is -0.413. The maximum absolute atomic E-state index is 12.3. The van der Waals surface area contributed by atoms with Crippen molar-refractivity contribution in [3.63, 3.8) is 0 Å². The van der Waals surface area contributed by atoms with Gasteiger partial charge in [-0.15, -0.1) is 0 Å². The molecular weight excluding hydrogens is 342 g/mol. The first kappa shape index (κ1) is 18.2. The number of carbonyl (C=O) groups excluding carboxylic acids is 2. The SMILES string of the molecule is COc1ccc(C(=O)OCC(=O)c2ccc(-c3ccccc3)cc2)cc1N. The fourth-order valence-corrected chi connectivity index (χ4v) is 2.64. The lowest BCUT2D eigenvalue weighted by molar-refractivity contribution is 0.0475. The molecule has 27 heavy (non-hydrogen) atoms. The molecule has 0 aromatic heterocycles. The summed E-state index contributed by atoms with van der Waals surface area (Å²) in [6.45, 7) is -0.338. The Balaban J connectivity index is 1.62. The average Bonchev–Trinajstić information content (AvgIpc) is 2.72. The van der Waals surface area contributed by atoms with Gasteiger partial charge in [-0.25, -0.2) is 4.79 Å². The molecule has 0 fully saturated rings. The number of ketones is 1. The highest BCUT2D eigenvalue weighted by Crippen LogP contribution is 2.22. The Kier molecular flexibility index (Phi) is 5.52. The first-order chi connectivity index (χ1) is 13.1. The molecule has 3 aromatic rings. The zero-order valence-corrected chi connectivity index (χ0v) is 14.8. The van der Waals surface area contributed by atoms with Gasteiger partial charge in [0, 0.05) is 5.56 Å². The molecule has 0 bridgehead atoms. The third kappa shape index (κ3) is 4.33. The highest BCUT2D eigenvalue weighted by Gasteiger charge is 2.13. The third-order valence-electron chi connectivity index (χ3n) is 4.11. The average molecular weight is 361 g/mol. The standard InChI is InChI=1S/C22H19NO4/c1-26-21-12-11-18(13-19(21)23)22(25)27-14-20(24)17-9-7-16(8-10-17)15-5-3-2-4-6-15/h2-13H,14,23H2,1H3. The molecule has 5 heteroatoms. The number of rotatable bonds is 6. The Bertz CT molecular complexity index is 950. The van der Waals surface area contributed by atoms with E-state index in [0.29, 0.717) is 17.0 Å². The van der Waals surface area contributed by atoms with Gasteiger partial charge >= 0.3 is 5.97 Å². The van der Waals surface area contributed by atoms with Gasteiger partial charge < -0.3 is 15.2 Å². The molecule has 0 aliphatic heterocycles. The molecular formula is C22H19NO4. The largest absolute Gasteiger partial charge is 0.495 e. The van der Waals surface area contributed by atoms with Gasteiger partial charge in [-0.3, -0.25) is 4.79 Å². The van der Waals surface area contributed by atoms with Crippen molar-refractivity contribution in [1.29, 1.82) is 0 Å². The van der Waals surface area contributed by atoms with Gasteiger partial charge in [0.05, 0.1) is 18.4 Å². The number of esters is 1. The number of ether oxygens (including phenoxy) is 2. The van der Waals surface area contributed by atoms with Crippen LogP contribution in [-0.2, 0) is 4.74 Å². The second kappa shape index (κ2) is 8.19. The predicted molar refractivity (Wildman–Crippen MR) is 104 cm³/mol. The fraction of sp³-hybridized carbons (Fsp3) is 0.0909. The zero-order chi connectivity index (χ0) is 19.2. The van der Waals surface area contributed by atoms with E-state index in [-0.39, 0.29) is 18.0 Å². The normalized spacial score (nSPS) is 10.3. The second-order valence-corrected chi connectivity index (χ2v) is 5.90. The minimum atomic E-state index is -0.612. The van der Waals surface area contributed by atoms with Crippen LogP contribution in [0.25, 0.3) is 11.1 Å². The Morgan fingerprint density at radius 3 is 2.11 bits per heavy atom. The maximum atomic E-state index is 12.3. The van der Waals surface area contributed by atoms with Crippen molar-refractivity contribution in [1.82, 2.24) is 0 Å². The Labute approximate surface area is 157 Å². The van der Waals surface area contributed by atoms with Gasteiger partial charge in [0.2, 0.25) is 0 Å². The molecule has 0 aliphatic rings. The van der Waals surface area contributed by atoms with E-state index in [1.165, 1.54) is 19.2 Å². The lowest BCUT2D eigenvalue weighted by Crippen LogP contribution is -2.14. The van der Waals surface area contributed by atoms with Crippen molar-refractivity contribution in [2.24, 2.45) is 0 Å². The summed E-state index contributed by atoms with van der Waals surface area (Å²) in [6, 6.07) is 21.6. The van der Waals surface area contributed by atoms with Crippen molar-refractivity contribution in [3.8, 4) is 16.9 Å². The van der Waals surface area contributed by atoms with Crippen LogP contribution in [0.1, 0.15) is 20.7 Å². The van der Waals surface area contributed by atoms with Gasteiger partial charge in [-0.2, -0.15) is 0 Å². The number of carbonyl (C=O) groups is 2. The fourth-order valence-electron chi connectivity index (χ4n) is 2.64. The van der Waals surface area contributed by atoms with Crippen LogP contribution >= 0.6 is 0 Å². The number of nitrogen functional groups attached to an aromatic ring is 1. The van der Waals surface area contributed by atoms with E-state index in [4.69, 9.17) is 15.2 Å². The summed E-state index contributed by atoms with van der Waals surface area (Å²) in [4.78, 5) is 24.4. The molecule has 0 aliphatic carbocycles. The number of Topliss-reactive ketones (excluding diaryl/α,β-unsaturated/α-hetero) is 1. The monoisotopic (exact) mass is 361 g/mol. The van der Waals surface area contributed by atoms with Crippen LogP contribution < -0.4 is 10.5 Å². The van der Waals surface area contributed by atoms with Crippen LogP contribution in [0.5, 0.6) is 5.75 Å². The summed E-state index contributed by atoms with van der Waals surface area (Å²) >= 11 is 0. The minimum absolute atomic E-state index is 0.264. The van der Waals surface area contributed by atoms with Crippen LogP contribution in [0.4, 0.5) is 5.69 Å². The van der Waals surface area contributed by atoms with E-state index in [2.05, 4.69) is 0 Å². The molecule has 0 spiro atoms. The molecule has 0 heterocycles. The molecule has 0 saturated carbocycles. The predicted octanol–water partition coefficient (Wildman–Crippen LogP) is 3.98. The molecule has 0 atom stereocenters. The summed E-state index contributed by atoms with van der Waals surface area (Å²) in [7, 11) is 1.49. The van der Waals surface area contributed by atoms with E-state index in [1.807, 2.05) is 42.5 Å². The van der Waals surface area contributed by atoms with E-state index in [0.717, 1.165) is 11.1 Å². The summed E-state index contributed by atoms with van der Waals surface area (Å²) < 4.78 is 10.1. The van der Waals surface area contributed by atoms with Crippen LogP contribution in [0.3, 0.4) is 0 Å². The van der Waals surface area contributed by atoms with E-state index in [9.17, 15) is 9.59 Å². The van der Waals surface area contributed by atoms with E-state index >= 15 is 0 Å². The number of benzene rings is 3. The number of nitrogens with two attached hydrogens (primary N) is 1. The number of anilines is 1. The first-order valence-electron chi connectivity index (χ1n) is 8.38. The molecule has 3 rings (SSSR count). The first-order valence-corrected chi connectivity index (χ1v) is 8.38. The van der Waals surface area contributed by atoms with Gasteiger partial charge in [-0.1, -0.05) is 54.6 Å². The molecule has 2 N–H and O–H groups in total. The Morgan fingerprint density at radius 2 is 1.48 bits per heavy atom. The Morgan fingerprint density at radius 1 is 0.852 bits per heavy atom. The van der Waals surface area contributed by atoms with E-state index < -0.39 is 5.97 Å². The van der Waals surface area contributed by atoms with Gasteiger partial charge in [-0.05, 0) is 29.3 Å². The number of methoxy groups -OCH3 is 1. The minimum Gasteiger partial charge on any atom is -0.495 e. The molecule has 0 amide bonds. The van der Waals surface area contributed by atoms with Crippen molar-refractivity contribution >= 4 is 17.4 Å². The van der Waals surface area contributed by atoms with Crippen LogP contribution in [0.2, 0.25) is 0 Å². The van der Waals surface area contributed by atoms with Crippen LogP contribution in [-0.4, -0.2) is 25.5 Å². The molecule has 0 radical (unpaired) electrons. The topological polar surface area (TPSA) is 78.6 Å². The van der Waals surface area contributed by atoms with Crippen molar-refractivity contribution in [2.75, 3.05) is 19.5 Å². The summed E-state index contributed by atoms with van der Waals surface area (Å²) in [6.07, 6.45) is 0. The highest BCUT2D eigenvalue weighted by atomic mass is 16.5. The number of hydrogen-bond acceptors (Lipinski definition) is 5.